The van der Waals surface area contributed by atoms with Crippen LogP contribution >= 0.6 is 11.6 Å². The summed E-state index contributed by atoms with van der Waals surface area (Å²) in [7, 11) is 0. The molecular weight excluding hydrogens is 415 g/mol. The molecule has 3 N–H and O–H groups in total. The molecular formula is C17H9ClF3N5O3. The first-order chi connectivity index (χ1) is 13.6. The minimum Gasteiger partial charge on any atom is -0.384 e. The number of carbonyl (C=O) groups excluding carboxylic acids is 2. The zero-order valence-electron chi connectivity index (χ0n) is 14.1. The van der Waals surface area contributed by atoms with Gasteiger partial charge in [-0.2, -0.15) is 18.3 Å². The van der Waals surface area contributed by atoms with Crippen LogP contribution < -0.4 is 16.6 Å². The van der Waals surface area contributed by atoms with Crippen molar-refractivity contribution in [2.75, 3.05) is 5.73 Å². The van der Waals surface area contributed by atoms with E-state index in [0.29, 0.717) is 0 Å². The number of alkyl halides is 3. The van der Waals surface area contributed by atoms with Crippen molar-refractivity contribution in [3.8, 4) is 11.4 Å². The monoisotopic (exact) mass is 423 g/mol. The molecule has 0 aliphatic carbocycles. The van der Waals surface area contributed by atoms with E-state index in [0.717, 1.165) is 27.6 Å². The van der Waals surface area contributed by atoms with E-state index >= 15 is 0 Å². The van der Waals surface area contributed by atoms with E-state index in [1.807, 2.05) is 5.32 Å². The van der Waals surface area contributed by atoms with Crippen molar-refractivity contribution in [1.29, 1.82) is 0 Å². The summed E-state index contributed by atoms with van der Waals surface area (Å²) >= 11 is 6.18. The van der Waals surface area contributed by atoms with Crippen LogP contribution in [0.1, 0.15) is 26.4 Å². The molecule has 1 aliphatic heterocycles. The summed E-state index contributed by atoms with van der Waals surface area (Å²) in [5.41, 5.74) is 4.17. The van der Waals surface area contributed by atoms with Gasteiger partial charge in [-0.05, 0) is 24.3 Å². The lowest BCUT2D eigenvalue weighted by atomic mass is 10.1. The predicted octanol–water partition coefficient (Wildman–Crippen LogP) is 2.16. The summed E-state index contributed by atoms with van der Waals surface area (Å²) in [5.74, 6) is -1.73. The molecule has 8 nitrogen and oxygen atoms in total. The summed E-state index contributed by atoms with van der Waals surface area (Å²) in [6.45, 7) is 0. The number of nitrogen functional groups attached to an aromatic ring is 1. The van der Waals surface area contributed by atoms with E-state index in [1.54, 1.807) is 0 Å². The minimum absolute atomic E-state index is 0.0216. The molecule has 29 heavy (non-hydrogen) atoms. The quantitative estimate of drug-likeness (QED) is 0.613. The average molecular weight is 424 g/mol. The Labute approximate surface area is 164 Å². The first-order valence-electron chi connectivity index (χ1n) is 7.92. The predicted molar refractivity (Wildman–Crippen MR) is 95.4 cm³/mol. The summed E-state index contributed by atoms with van der Waals surface area (Å²) in [5, 5.41) is 5.46. The highest BCUT2D eigenvalue weighted by Gasteiger charge is 2.34. The van der Waals surface area contributed by atoms with Gasteiger partial charge in [0.05, 0.1) is 27.5 Å². The fourth-order valence-electron chi connectivity index (χ4n) is 2.98. The van der Waals surface area contributed by atoms with Crippen molar-refractivity contribution in [2.24, 2.45) is 0 Å². The lowest BCUT2D eigenvalue weighted by molar-refractivity contribution is -0.141. The van der Waals surface area contributed by atoms with Crippen molar-refractivity contribution >= 4 is 29.2 Å². The Bertz CT molecular complexity index is 1260. The SMILES string of the molecule is Nc1c2c(cc(=O)n1-c1ccc(-n3ccc(C(F)(F)F)n3)c(Cl)c1)C(=O)NC2=O. The molecule has 1 aliphatic rings. The number of pyridine rings is 1. The molecule has 148 valence electrons. The van der Waals surface area contributed by atoms with Crippen LogP contribution in [0.3, 0.4) is 0 Å². The average Bonchev–Trinajstić information content (AvgIpc) is 3.20. The second kappa shape index (κ2) is 6.21. The van der Waals surface area contributed by atoms with Gasteiger partial charge in [0, 0.05) is 12.3 Å². The summed E-state index contributed by atoms with van der Waals surface area (Å²) in [6.07, 6.45) is -3.52. The first-order valence-corrected chi connectivity index (χ1v) is 8.30. The van der Waals surface area contributed by atoms with Crippen molar-refractivity contribution in [3.63, 3.8) is 0 Å². The lowest BCUT2D eigenvalue weighted by Crippen LogP contribution is -2.24. The molecule has 4 rings (SSSR count). The van der Waals surface area contributed by atoms with E-state index < -0.39 is 29.2 Å². The van der Waals surface area contributed by atoms with Gasteiger partial charge in [-0.25, -0.2) is 4.68 Å². The molecule has 3 heterocycles. The number of nitrogens with two attached hydrogens (primary N) is 1. The number of anilines is 1. The van der Waals surface area contributed by atoms with Gasteiger partial charge in [-0.3, -0.25) is 24.3 Å². The zero-order valence-corrected chi connectivity index (χ0v) is 14.9. The maximum atomic E-state index is 12.7. The maximum absolute atomic E-state index is 12.7. The van der Waals surface area contributed by atoms with Gasteiger partial charge >= 0.3 is 6.18 Å². The van der Waals surface area contributed by atoms with Gasteiger partial charge in [0.1, 0.15) is 5.82 Å². The molecule has 0 saturated heterocycles. The molecule has 0 saturated carbocycles. The molecule has 0 unspecified atom stereocenters. The lowest BCUT2D eigenvalue weighted by Gasteiger charge is -2.13. The smallest absolute Gasteiger partial charge is 0.384 e. The van der Waals surface area contributed by atoms with Gasteiger partial charge in [0.15, 0.2) is 5.69 Å². The van der Waals surface area contributed by atoms with Gasteiger partial charge in [0.2, 0.25) is 0 Å². The molecule has 0 atom stereocenters. The Hall–Kier alpha value is -3.60. The zero-order chi connectivity index (χ0) is 21.1. The maximum Gasteiger partial charge on any atom is 0.435 e. The van der Waals surface area contributed by atoms with Crippen molar-refractivity contribution in [1.82, 2.24) is 19.7 Å². The highest BCUT2D eigenvalue weighted by molar-refractivity contribution is 6.32. The number of nitrogens with one attached hydrogen (secondary N) is 1. The Morgan fingerprint density at radius 1 is 1.07 bits per heavy atom. The van der Waals surface area contributed by atoms with Gasteiger partial charge < -0.3 is 5.73 Å². The second-order valence-corrected chi connectivity index (χ2v) is 6.46. The van der Waals surface area contributed by atoms with Crippen LogP contribution in [-0.4, -0.2) is 26.2 Å². The number of imide groups is 1. The van der Waals surface area contributed by atoms with Crippen LogP contribution in [0.4, 0.5) is 19.0 Å². The van der Waals surface area contributed by atoms with Crippen molar-refractivity contribution in [3.05, 3.63) is 68.7 Å². The molecule has 12 heteroatoms. The Balaban J connectivity index is 1.81. The van der Waals surface area contributed by atoms with E-state index in [2.05, 4.69) is 5.10 Å². The molecule has 0 spiro atoms. The molecule has 3 aromatic rings. The van der Waals surface area contributed by atoms with E-state index in [-0.39, 0.29) is 33.3 Å². The largest absolute Gasteiger partial charge is 0.435 e. The van der Waals surface area contributed by atoms with E-state index in [9.17, 15) is 27.6 Å². The second-order valence-electron chi connectivity index (χ2n) is 6.05. The third kappa shape index (κ3) is 2.95. The number of benzene rings is 1. The van der Waals surface area contributed by atoms with Crippen LogP contribution in [0.25, 0.3) is 11.4 Å². The fraction of sp³-hybridized carbons (Fsp3) is 0.0588. The fourth-order valence-corrected chi connectivity index (χ4v) is 3.24. The number of halogens is 4. The van der Waals surface area contributed by atoms with Crippen LogP contribution in [0.2, 0.25) is 5.02 Å². The Morgan fingerprint density at radius 2 is 1.79 bits per heavy atom. The van der Waals surface area contributed by atoms with Crippen LogP contribution in [-0.2, 0) is 6.18 Å². The number of rotatable bonds is 2. The number of carbonyl (C=O) groups is 2. The number of hydrogen-bond acceptors (Lipinski definition) is 5. The summed E-state index contributed by atoms with van der Waals surface area (Å²) in [6, 6.07) is 5.76. The summed E-state index contributed by atoms with van der Waals surface area (Å²) < 4.78 is 40.1. The van der Waals surface area contributed by atoms with Gasteiger partial charge in [-0.1, -0.05) is 11.6 Å². The minimum atomic E-state index is -4.61. The first kappa shape index (κ1) is 18.7. The highest BCUT2D eigenvalue weighted by Crippen LogP contribution is 2.30. The van der Waals surface area contributed by atoms with Gasteiger partial charge in [0.25, 0.3) is 17.4 Å². The number of aromatic nitrogens is 3. The third-order valence-electron chi connectivity index (χ3n) is 4.27. The van der Waals surface area contributed by atoms with E-state index in [4.69, 9.17) is 17.3 Å². The molecule has 2 amide bonds. The normalized spacial score (nSPS) is 13.5. The molecule has 0 fully saturated rings. The van der Waals surface area contributed by atoms with E-state index in [1.165, 1.54) is 18.2 Å². The third-order valence-corrected chi connectivity index (χ3v) is 4.57. The van der Waals surface area contributed by atoms with Crippen molar-refractivity contribution in [2.45, 2.75) is 6.18 Å². The number of amides is 2. The number of fused-ring (bicyclic) bond motifs is 1. The van der Waals surface area contributed by atoms with Crippen LogP contribution in [0, 0.1) is 0 Å². The van der Waals surface area contributed by atoms with Gasteiger partial charge in [-0.15, -0.1) is 0 Å². The van der Waals surface area contributed by atoms with Crippen molar-refractivity contribution < 1.29 is 22.8 Å². The highest BCUT2D eigenvalue weighted by atomic mass is 35.5. The number of nitrogens with zero attached hydrogens (tertiary/aromatic N) is 3. The molecule has 2 aromatic heterocycles. The molecule has 0 radical (unpaired) electrons. The summed E-state index contributed by atoms with van der Waals surface area (Å²) in [4.78, 5) is 36.1. The Morgan fingerprint density at radius 3 is 2.41 bits per heavy atom. The molecule has 0 bridgehead atoms. The molecule has 1 aromatic carbocycles. The topological polar surface area (TPSA) is 112 Å². The standard InChI is InChI=1S/C17H9ClF3N5O3/c18-9-5-7(1-2-10(9)25-4-3-11(24-25)17(19,20)21)26-12(27)6-8-13(14(26)22)16(29)23-15(8)28/h1-6H,22H2,(H,23,28,29). The van der Waals surface area contributed by atoms with Crippen LogP contribution in [0.15, 0.2) is 41.3 Å². The number of hydrogen-bond donors (Lipinski definition) is 2. The van der Waals surface area contributed by atoms with Crippen LogP contribution in [0.5, 0.6) is 0 Å². The Kier molecular flexibility index (Phi) is 4.01.